The van der Waals surface area contributed by atoms with Gasteiger partial charge in [0.25, 0.3) is 5.91 Å². The lowest BCUT2D eigenvalue weighted by Crippen LogP contribution is -2.40. The van der Waals surface area contributed by atoms with Crippen LogP contribution in [0.2, 0.25) is 0 Å². The lowest BCUT2D eigenvalue weighted by molar-refractivity contribution is -0.164. The van der Waals surface area contributed by atoms with Gasteiger partial charge in [-0.15, -0.1) is 0 Å². The van der Waals surface area contributed by atoms with Crippen molar-refractivity contribution in [3.63, 3.8) is 0 Å². The molecule has 61 heavy (non-hydrogen) atoms. The number of likely N-dealkylation sites (tertiary alicyclic amines) is 1. The van der Waals surface area contributed by atoms with Gasteiger partial charge in [-0.25, -0.2) is 4.79 Å². The van der Waals surface area contributed by atoms with Crippen molar-refractivity contribution in [3.8, 4) is 17.2 Å². The van der Waals surface area contributed by atoms with Gasteiger partial charge in [0.05, 0.1) is 25.3 Å². The second kappa shape index (κ2) is 19.7. The van der Waals surface area contributed by atoms with E-state index in [-0.39, 0.29) is 53.8 Å². The third-order valence-electron chi connectivity index (χ3n) is 11.0. The zero-order chi connectivity index (χ0) is 42.8. The molecule has 0 aliphatic carbocycles. The second-order valence-corrected chi connectivity index (χ2v) is 15.2. The number of benzene rings is 5. The Labute approximate surface area is 353 Å². The lowest BCUT2D eigenvalue weighted by atomic mass is 9.86. The first-order valence-electron chi connectivity index (χ1n) is 20.3. The fourth-order valence-corrected chi connectivity index (χ4v) is 7.66. The summed E-state index contributed by atoms with van der Waals surface area (Å²) < 4.78 is 17.3. The summed E-state index contributed by atoms with van der Waals surface area (Å²) in [5, 5.41) is 39.8. The van der Waals surface area contributed by atoms with Crippen LogP contribution in [0.4, 0.5) is 5.69 Å². The minimum Gasteiger partial charge on any atom is -0.506 e. The topological polar surface area (TPSA) is 183 Å². The quantitative estimate of drug-likeness (QED) is 0.0614. The van der Waals surface area contributed by atoms with Crippen molar-refractivity contribution < 1.29 is 39.1 Å². The highest BCUT2D eigenvalue weighted by atomic mass is 16.6. The Morgan fingerprint density at radius 2 is 1.62 bits per heavy atom. The van der Waals surface area contributed by atoms with E-state index in [1.54, 1.807) is 78.9 Å². The largest absolute Gasteiger partial charge is 0.506 e. The molecule has 2 heterocycles. The van der Waals surface area contributed by atoms with E-state index in [0.29, 0.717) is 34.5 Å². The number of pyridine rings is 1. The van der Waals surface area contributed by atoms with Gasteiger partial charge in [0.2, 0.25) is 11.2 Å². The zero-order valence-electron chi connectivity index (χ0n) is 33.9. The summed E-state index contributed by atoms with van der Waals surface area (Å²) in [4.78, 5) is 43.7. The normalized spacial score (nSPS) is 14.8. The first-order valence-corrected chi connectivity index (χ1v) is 20.3. The van der Waals surface area contributed by atoms with Gasteiger partial charge in [-0.05, 0) is 78.9 Å². The van der Waals surface area contributed by atoms with Crippen LogP contribution in [0.15, 0.2) is 132 Å². The lowest BCUT2D eigenvalue weighted by Gasteiger charge is -2.33. The third kappa shape index (κ3) is 10.5. The molecule has 2 atom stereocenters. The van der Waals surface area contributed by atoms with E-state index in [0.717, 1.165) is 38.0 Å². The van der Waals surface area contributed by atoms with E-state index in [9.17, 15) is 29.7 Å². The maximum absolute atomic E-state index is 13.9. The van der Waals surface area contributed by atoms with Crippen molar-refractivity contribution in [3.05, 3.63) is 166 Å². The molecule has 316 valence electrons. The third-order valence-corrected chi connectivity index (χ3v) is 11.0. The van der Waals surface area contributed by atoms with Gasteiger partial charge in [-0.1, -0.05) is 84.9 Å². The van der Waals surface area contributed by atoms with Crippen LogP contribution in [0.5, 0.6) is 17.2 Å². The Bertz CT molecular complexity index is 2490. The second-order valence-electron chi connectivity index (χ2n) is 15.2. The minimum atomic E-state index is -2.12. The maximum Gasteiger partial charge on any atom is 0.347 e. The molecule has 0 saturated carbocycles. The van der Waals surface area contributed by atoms with E-state index in [1.807, 2.05) is 18.2 Å². The van der Waals surface area contributed by atoms with Gasteiger partial charge in [-0.2, -0.15) is 0 Å². The number of hydrogen-bond acceptors (Lipinski definition) is 11. The molecule has 5 aromatic carbocycles. The Balaban J connectivity index is 0.929. The number of nitrogens with zero attached hydrogens (tertiary/aromatic N) is 1. The predicted molar refractivity (Wildman–Crippen MR) is 231 cm³/mol. The average Bonchev–Trinajstić information content (AvgIpc) is 3.29. The summed E-state index contributed by atoms with van der Waals surface area (Å²) in [6.07, 6.45) is 0.813. The summed E-state index contributed by atoms with van der Waals surface area (Å²) in [6, 6.07) is 36.6. The number of anilines is 1. The summed E-state index contributed by atoms with van der Waals surface area (Å²) in [7, 11) is 1.52. The summed E-state index contributed by atoms with van der Waals surface area (Å²) in [5.41, 5.74) is 1.42. The molecule has 1 aliphatic rings. The number of aliphatic hydroxyl groups is 2. The molecule has 1 aromatic heterocycles. The van der Waals surface area contributed by atoms with Gasteiger partial charge in [0.1, 0.15) is 17.2 Å². The number of methoxy groups -OCH3 is 1. The van der Waals surface area contributed by atoms with Gasteiger partial charge < -0.3 is 45.1 Å². The van der Waals surface area contributed by atoms with Crippen LogP contribution in [0.1, 0.15) is 46.8 Å². The van der Waals surface area contributed by atoms with Crippen molar-refractivity contribution in [1.29, 1.82) is 0 Å². The highest BCUT2D eigenvalue weighted by Gasteiger charge is 2.42. The number of fused-ring (bicyclic) bond motifs is 1. The van der Waals surface area contributed by atoms with Gasteiger partial charge in [-0.3, -0.25) is 14.5 Å². The number of ether oxygens (including phenoxy) is 3. The number of aliphatic hydroxyl groups excluding tert-OH is 1. The number of aromatic amines is 1. The molecule has 13 heteroatoms. The van der Waals surface area contributed by atoms with Crippen LogP contribution in [0, 0.1) is 5.92 Å². The van der Waals surface area contributed by atoms with Crippen molar-refractivity contribution in [2.24, 2.45) is 5.92 Å². The highest BCUT2D eigenvalue weighted by Crippen LogP contribution is 2.34. The fourth-order valence-electron chi connectivity index (χ4n) is 7.66. The van der Waals surface area contributed by atoms with Crippen molar-refractivity contribution in [2.75, 3.05) is 45.3 Å². The molecule has 6 aromatic rings. The number of esters is 1. The Morgan fingerprint density at radius 3 is 2.38 bits per heavy atom. The first-order chi connectivity index (χ1) is 29.6. The number of hydrogen-bond donors (Lipinski definition) is 6. The Morgan fingerprint density at radius 1 is 0.885 bits per heavy atom. The molecule has 1 fully saturated rings. The van der Waals surface area contributed by atoms with Crippen LogP contribution < -0.4 is 25.7 Å². The first kappa shape index (κ1) is 42.6. The molecule has 1 amide bonds. The van der Waals surface area contributed by atoms with E-state index < -0.39 is 23.6 Å². The molecule has 0 spiro atoms. The molecule has 7 rings (SSSR count). The Hall–Kier alpha value is -6.51. The van der Waals surface area contributed by atoms with E-state index >= 15 is 0 Å². The van der Waals surface area contributed by atoms with E-state index in [1.165, 1.54) is 30.9 Å². The number of phenolic OH excluding ortho intramolecular Hbond substituents is 1. The van der Waals surface area contributed by atoms with Gasteiger partial charge in [0, 0.05) is 54.0 Å². The number of aromatic hydroxyl groups is 1. The molecule has 1 unspecified atom stereocenters. The van der Waals surface area contributed by atoms with Crippen LogP contribution in [-0.2, 0) is 33.0 Å². The standard InChI is InChI=1S/C48H50N4O9/c1-59-43-26-37(16-15-34(43)27-49-28-42(54)39-17-19-41(53)46-40(39)18-20-44(55)51-46)50-45(56)31-60-38-14-8-13-36(25-38)48(58,35-11-6-3-7-12-35)47(57)61-30-33-21-23-52(24-22-33)29-32-9-4-2-5-10-32/h2-20,25-26,33,42,49,53-54,58H,21-24,27-31H2,1H3,(H,50,56)(H,51,55)/t42-,48?/m0/s1. The van der Waals surface area contributed by atoms with Crippen molar-refractivity contribution in [1.82, 2.24) is 15.2 Å². The summed E-state index contributed by atoms with van der Waals surface area (Å²) in [6.45, 7) is 3.00. The molecule has 1 aliphatic heterocycles. The predicted octanol–water partition coefficient (Wildman–Crippen LogP) is 5.77. The molecule has 0 bridgehead atoms. The average molecular weight is 827 g/mol. The molecule has 1 saturated heterocycles. The monoisotopic (exact) mass is 826 g/mol. The molecular weight excluding hydrogens is 777 g/mol. The van der Waals surface area contributed by atoms with E-state index in [4.69, 9.17) is 14.2 Å². The number of rotatable bonds is 17. The number of nitrogens with one attached hydrogen (secondary N) is 3. The van der Waals surface area contributed by atoms with Gasteiger partial charge >= 0.3 is 5.97 Å². The number of carbonyl (C=O) groups is 2. The highest BCUT2D eigenvalue weighted by molar-refractivity contribution is 5.92. The number of H-pyrrole nitrogens is 1. The van der Waals surface area contributed by atoms with Gasteiger partial charge in [0.15, 0.2) is 6.61 Å². The molecule has 13 nitrogen and oxygen atoms in total. The summed E-state index contributed by atoms with van der Waals surface area (Å²) >= 11 is 0. The minimum absolute atomic E-state index is 0.0860. The summed E-state index contributed by atoms with van der Waals surface area (Å²) in [5.74, 6) is -0.371. The number of aromatic nitrogens is 1. The molecular formula is C48H50N4O9. The number of amides is 1. The number of piperidine rings is 1. The molecule has 0 radical (unpaired) electrons. The van der Waals surface area contributed by atoms with Crippen molar-refractivity contribution in [2.45, 2.75) is 37.6 Å². The fraction of sp³-hybridized carbons (Fsp3) is 0.271. The van der Waals surface area contributed by atoms with Crippen molar-refractivity contribution >= 4 is 28.5 Å². The van der Waals surface area contributed by atoms with Crippen LogP contribution in [0.3, 0.4) is 0 Å². The SMILES string of the molecule is COc1cc(NC(=O)COc2cccc(C(O)(C(=O)OCC3CCN(Cc4ccccc4)CC3)c3ccccc3)c2)ccc1CNC[C@H](O)c1ccc(O)c2[nH]c(=O)ccc12. The van der Waals surface area contributed by atoms with Crippen LogP contribution in [0.25, 0.3) is 10.9 Å². The number of phenols is 1. The Kier molecular flexibility index (Phi) is 13.8. The zero-order valence-corrected chi connectivity index (χ0v) is 33.9. The van der Waals surface area contributed by atoms with Crippen LogP contribution >= 0.6 is 0 Å². The van der Waals surface area contributed by atoms with E-state index in [2.05, 4.69) is 32.7 Å². The smallest absolute Gasteiger partial charge is 0.347 e. The number of carbonyl (C=O) groups excluding carboxylic acids is 2. The molecule has 6 N–H and O–H groups in total. The maximum atomic E-state index is 13.9. The van der Waals surface area contributed by atoms with Crippen LogP contribution in [-0.4, -0.2) is 77.0 Å².